The van der Waals surface area contributed by atoms with E-state index in [0.29, 0.717) is 11.6 Å². The van der Waals surface area contributed by atoms with Gasteiger partial charge in [0, 0.05) is 24.9 Å². The molecule has 10 aliphatic carbocycles. The van der Waals surface area contributed by atoms with Gasteiger partial charge in [0.05, 0.1) is 12.2 Å². The SMILES string of the molecule is CC(=O)CC1CCCC1.CC(=O)CC1CCCC1.CCC1CCCC1.CCC1CCCC1.CCC1CCCC1.CCC1CCCC1.CN(C)C1CCCC1.CN(C)C1CCCC1.OC1CCCC1.OC1CCCC1. The van der Waals surface area contributed by atoms with Crippen molar-refractivity contribution < 1.29 is 19.8 Å². The largest absolute Gasteiger partial charge is 0.393 e. The van der Waals surface area contributed by atoms with Crippen molar-refractivity contribution in [3.8, 4) is 0 Å². The first-order valence-electron chi connectivity index (χ1n) is 33.4. The monoisotopic (exact) mass is 1040 g/mol. The summed E-state index contributed by atoms with van der Waals surface area (Å²) >= 11 is 0. The van der Waals surface area contributed by atoms with Crippen LogP contribution in [0.25, 0.3) is 0 Å². The third-order valence-corrected chi connectivity index (χ3v) is 19.1. The quantitative estimate of drug-likeness (QED) is 0.227. The van der Waals surface area contributed by atoms with Crippen molar-refractivity contribution in [3.05, 3.63) is 0 Å². The van der Waals surface area contributed by atoms with E-state index in [9.17, 15) is 9.59 Å². The predicted octanol–water partition coefficient (Wildman–Crippen LogP) is 19.5. The lowest BCUT2D eigenvalue weighted by molar-refractivity contribution is -0.118. The number of carbonyl (C=O) groups excluding carboxylic acids is 2. The Hall–Kier alpha value is -0.820. The average Bonchev–Trinajstić information content (AvgIpc) is 4.25. The first kappa shape index (κ1) is 71.2. The molecule has 0 radical (unpaired) electrons. The van der Waals surface area contributed by atoms with Crippen molar-refractivity contribution in [3.63, 3.8) is 0 Å². The van der Waals surface area contributed by atoms with Crippen LogP contribution in [0.4, 0.5) is 0 Å². The number of aliphatic hydroxyl groups excluding tert-OH is 2. The van der Waals surface area contributed by atoms with Gasteiger partial charge in [0.25, 0.3) is 0 Å². The molecular weight excluding hydrogens is 909 g/mol. The molecule has 6 nitrogen and oxygen atoms in total. The summed E-state index contributed by atoms with van der Waals surface area (Å²) in [4.78, 5) is 25.9. The normalized spacial score (nSPS) is 23.0. The Morgan fingerprint density at radius 2 is 0.459 bits per heavy atom. The van der Waals surface area contributed by atoms with Crippen LogP contribution in [0.5, 0.6) is 0 Å². The third-order valence-electron chi connectivity index (χ3n) is 19.1. The molecule has 6 heteroatoms. The molecule has 74 heavy (non-hydrogen) atoms. The van der Waals surface area contributed by atoms with E-state index in [1.54, 1.807) is 13.8 Å². The fourth-order valence-corrected chi connectivity index (χ4v) is 13.6. The van der Waals surface area contributed by atoms with E-state index < -0.39 is 0 Å². The molecular formula is C68H134N2O4. The number of aliphatic hydroxyl groups is 2. The second kappa shape index (κ2) is 48.1. The van der Waals surface area contributed by atoms with Crippen LogP contribution in [-0.4, -0.2) is 84.1 Å². The van der Waals surface area contributed by atoms with Gasteiger partial charge in [-0.3, -0.25) is 0 Å². The summed E-state index contributed by atoms with van der Waals surface area (Å²) in [5.74, 6) is 6.59. The van der Waals surface area contributed by atoms with Gasteiger partial charge in [-0.25, -0.2) is 0 Å². The fourth-order valence-electron chi connectivity index (χ4n) is 13.6. The zero-order chi connectivity index (χ0) is 54.6. The van der Waals surface area contributed by atoms with E-state index in [-0.39, 0.29) is 12.2 Å². The topological polar surface area (TPSA) is 81.1 Å². The molecule has 10 saturated carbocycles. The summed E-state index contributed by atoms with van der Waals surface area (Å²) in [5.41, 5.74) is 0. The smallest absolute Gasteiger partial charge is 0.130 e. The van der Waals surface area contributed by atoms with Gasteiger partial charge in [0.1, 0.15) is 11.6 Å². The lowest BCUT2D eigenvalue weighted by Gasteiger charge is -2.17. The van der Waals surface area contributed by atoms with Crippen molar-refractivity contribution in [1.29, 1.82) is 0 Å². The molecule has 0 atom stereocenters. The van der Waals surface area contributed by atoms with Crippen LogP contribution in [0.2, 0.25) is 0 Å². The highest BCUT2D eigenvalue weighted by molar-refractivity contribution is 5.76. The number of carbonyl (C=O) groups is 2. The zero-order valence-electron chi connectivity index (χ0n) is 51.9. The first-order chi connectivity index (χ1) is 35.7. The summed E-state index contributed by atoms with van der Waals surface area (Å²) in [5, 5.41) is 17.5. The average molecular weight is 1040 g/mol. The molecule has 0 aromatic carbocycles. The molecule has 440 valence electrons. The van der Waals surface area contributed by atoms with Gasteiger partial charge < -0.3 is 29.6 Å². The van der Waals surface area contributed by atoms with E-state index in [4.69, 9.17) is 10.2 Å². The number of rotatable bonds is 10. The second-order valence-corrected chi connectivity index (χ2v) is 26.0. The number of Topliss-reactive ketones (excluding diaryl/α,β-unsaturated/α-hetero) is 2. The molecule has 0 bridgehead atoms. The minimum atomic E-state index is 0.0463. The van der Waals surface area contributed by atoms with Gasteiger partial charge in [-0.2, -0.15) is 0 Å². The highest BCUT2D eigenvalue weighted by atomic mass is 16.3. The lowest BCUT2D eigenvalue weighted by Crippen LogP contribution is -2.24. The number of hydrogen-bond donors (Lipinski definition) is 2. The minimum Gasteiger partial charge on any atom is -0.393 e. The standard InChI is InChI=1S/2C8H14O.2C7H15N.4C7H14.2C5H10O/c2*1-7(9)6-8-4-2-3-5-8;2*1-8(2)7-5-3-4-6-7;4*1-2-7-5-3-4-6-7;2*6-5-3-1-2-4-5/h2*8H,2-6H2,1H3;2*7H,3-6H2,1-2H3;4*7H,2-6H2,1H3;2*5-6H,1-4H2. The highest BCUT2D eigenvalue weighted by Crippen LogP contribution is 2.31. The van der Waals surface area contributed by atoms with Crippen LogP contribution < -0.4 is 0 Å². The van der Waals surface area contributed by atoms with Gasteiger partial charge >= 0.3 is 0 Å². The summed E-state index contributed by atoms with van der Waals surface area (Å²) in [7, 11) is 8.71. The van der Waals surface area contributed by atoms with Gasteiger partial charge in [-0.15, -0.1) is 0 Å². The molecule has 0 spiro atoms. The molecule has 0 aliphatic heterocycles. The van der Waals surface area contributed by atoms with Crippen LogP contribution in [0.1, 0.15) is 337 Å². The van der Waals surface area contributed by atoms with E-state index in [2.05, 4.69) is 65.7 Å². The van der Waals surface area contributed by atoms with Gasteiger partial charge in [-0.1, -0.05) is 259 Å². The summed E-state index contributed by atoms with van der Waals surface area (Å²) in [6.07, 6.45) is 62.6. The molecule has 0 aromatic rings. The Balaban J connectivity index is 0.000000412. The summed E-state index contributed by atoms with van der Waals surface area (Å²) < 4.78 is 0. The van der Waals surface area contributed by atoms with Gasteiger partial charge in [-0.05, 0) is 129 Å². The molecule has 10 fully saturated rings. The van der Waals surface area contributed by atoms with E-state index in [1.807, 2.05) is 0 Å². The van der Waals surface area contributed by atoms with Crippen LogP contribution in [-0.2, 0) is 9.59 Å². The highest BCUT2D eigenvalue weighted by Gasteiger charge is 2.19. The maximum absolute atomic E-state index is 10.6. The zero-order valence-corrected chi connectivity index (χ0v) is 51.9. The van der Waals surface area contributed by atoms with Crippen LogP contribution in [0.15, 0.2) is 0 Å². The van der Waals surface area contributed by atoms with Crippen molar-refractivity contribution in [2.75, 3.05) is 28.2 Å². The third kappa shape index (κ3) is 40.4. The molecule has 0 heterocycles. The van der Waals surface area contributed by atoms with Crippen molar-refractivity contribution in [2.45, 2.75) is 361 Å². The maximum atomic E-state index is 10.6. The van der Waals surface area contributed by atoms with Gasteiger partial charge in [0.2, 0.25) is 0 Å². The second-order valence-electron chi connectivity index (χ2n) is 26.0. The Morgan fingerprint density at radius 1 is 0.297 bits per heavy atom. The Bertz CT molecular complexity index is 1070. The van der Waals surface area contributed by atoms with Crippen molar-refractivity contribution >= 4 is 11.6 Å². The minimum absolute atomic E-state index is 0.0463. The van der Waals surface area contributed by atoms with E-state index in [1.165, 1.54) is 257 Å². The number of nitrogens with zero attached hydrogens (tertiary/aromatic N) is 2. The van der Waals surface area contributed by atoms with Crippen LogP contribution >= 0.6 is 0 Å². The van der Waals surface area contributed by atoms with Crippen molar-refractivity contribution in [1.82, 2.24) is 9.80 Å². The molecule has 0 aromatic heterocycles. The molecule has 0 saturated heterocycles. The maximum Gasteiger partial charge on any atom is 0.130 e. The molecule has 10 rings (SSSR count). The Morgan fingerprint density at radius 3 is 0.568 bits per heavy atom. The van der Waals surface area contributed by atoms with Gasteiger partial charge in [0.15, 0.2) is 0 Å². The first-order valence-corrected chi connectivity index (χ1v) is 33.4. The summed E-state index contributed by atoms with van der Waals surface area (Å²) in [6.45, 7) is 12.6. The Labute approximate surface area is 464 Å². The molecule has 0 amide bonds. The Kier molecular flexibility index (Phi) is 46.3. The molecule has 0 unspecified atom stereocenters. The van der Waals surface area contributed by atoms with E-state index >= 15 is 0 Å². The van der Waals surface area contributed by atoms with Crippen molar-refractivity contribution in [2.24, 2.45) is 35.5 Å². The van der Waals surface area contributed by atoms with E-state index in [0.717, 1.165) is 86.1 Å². The fraction of sp³-hybridized carbons (Fsp3) is 0.971. The van der Waals surface area contributed by atoms with Crippen LogP contribution in [0.3, 0.4) is 0 Å². The number of hydrogen-bond acceptors (Lipinski definition) is 6. The number of ketones is 2. The molecule has 10 aliphatic rings. The predicted molar refractivity (Wildman–Crippen MR) is 324 cm³/mol. The lowest BCUT2D eigenvalue weighted by atomic mass is 10.0. The summed E-state index contributed by atoms with van der Waals surface area (Å²) in [6, 6.07) is 1.80. The van der Waals surface area contributed by atoms with Crippen LogP contribution in [0, 0.1) is 35.5 Å². The molecule has 2 N–H and O–H groups in total.